The van der Waals surface area contributed by atoms with E-state index in [1.165, 1.54) is 62.9 Å². The number of aliphatic hydroxyl groups excluding tert-OH is 2. The lowest BCUT2D eigenvalue weighted by Gasteiger charge is -2.27. The van der Waals surface area contributed by atoms with Crippen molar-refractivity contribution in [3.8, 4) is 0 Å². The fraction of sp³-hybridized carbons (Fsp3) is 0.436. The average Bonchev–Trinajstić information content (AvgIpc) is 1.61. The molecular formula is C55H66N15O28P4+. The number of hydrogen-bond donors (Lipinski definition) is 11. The van der Waals surface area contributed by atoms with E-state index >= 15 is 0 Å². The Morgan fingerprint density at radius 2 is 1.18 bits per heavy atom. The lowest BCUT2D eigenvalue weighted by atomic mass is 10.1. The van der Waals surface area contributed by atoms with Gasteiger partial charge in [-0.15, -0.1) is 0 Å². The van der Waals surface area contributed by atoms with Crippen LogP contribution >= 0.6 is 31.3 Å². The number of aliphatic hydroxyl groups is 2. The number of ether oxygens (including phenoxy) is 6. The van der Waals surface area contributed by atoms with Crippen molar-refractivity contribution in [1.82, 2.24) is 53.6 Å². The van der Waals surface area contributed by atoms with Gasteiger partial charge in [0.15, 0.2) is 59.1 Å². The molecular weight excluding hydrogens is 1440 g/mol. The van der Waals surface area contributed by atoms with E-state index in [1.54, 1.807) is 43.3 Å². The van der Waals surface area contributed by atoms with Crippen LogP contribution in [0, 0.1) is 11.8 Å². The SMILES string of the molecule is CCn1c[n+]([C@@H]2O[C@H](COP(=O)(O)OP(=O)(O)OP(=O)(O)OC[C@H]3O[C@@H](n4cnc5c(NC(=O)c6ccccc6)ncnc54)[C@H](OC)[C@@H]3OP(=O)(O)OCC3O[C@@H](n4cnc5c(=O)[nH]c(NC(=O)c6ccccc6)nc54)[C@H](OC(=O)C(C)C)[C@@H]3OC(=O)C(C)C)[C@@H](O)[C@H]2O)c2nc(N)[nH]c(=O)c21. The quantitative estimate of drug-likeness (QED) is 0.0188. The molecule has 3 saturated heterocycles. The van der Waals surface area contributed by atoms with Crippen LogP contribution in [0.3, 0.4) is 0 Å². The van der Waals surface area contributed by atoms with Crippen LogP contribution in [0.5, 0.6) is 0 Å². The molecule has 3 aliphatic rings. The molecule has 0 bridgehead atoms. The molecule has 3 aliphatic heterocycles. The molecule has 11 rings (SSSR count). The number of nitrogen functional groups attached to an aromatic ring is 1. The number of H-pyrrole nitrogens is 2. The third-order valence-electron chi connectivity index (χ3n) is 15.7. The zero-order valence-corrected chi connectivity index (χ0v) is 57.6. The number of methoxy groups -OCH3 is 1. The summed E-state index contributed by atoms with van der Waals surface area (Å²) in [6, 6.07) is 15.8. The number of nitrogens with two attached hydrogens (primary N) is 1. The first-order chi connectivity index (χ1) is 48.2. The van der Waals surface area contributed by atoms with Crippen molar-refractivity contribution in [2.75, 3.05) is 43.3 Å². The molecule has 12 N–H and O–H groups in total. The van der Waals surface area contributed by atoms with Crippen LogP contribution in [-0.2, 0) is 89.5 Å². The number of nitrogens with one attached hydrogen (secondary N) is 4. The van der Waals surface area contributed by atoms with Gasteiger partial charge >= 0.3 is 48.9 Å². The molecule has 2 aromatic carbocycles. The van der Waals surface area contributed by atoms with E-state index in [0.29, 0.717) is 0 Å². The first-order valence-electron chi connectivity index (χ1n) is 30.5. The number of aromatic amines is 2. The van der Waals surface area contributed by atoms with Gasteiger partial charge in [0.25, 0.3) is 28.9 Å². The number of amides is 2. The molecule has 2 amide bonds. The van der Waals surface area contributed by atoms with Gasteiger partial charge in [-0.2, -0.15) is 13.6 Å². The van der Waals surface area contributed by atoms with Crippen LogP contribution in [0.2, 0.25) is 0 Å². The maximum Gasteiger partial charge on any atom is 0.490 e. The second kappa shape index (κ2) is 30.2. The number of aromatic nitrogens is 12. The van der Waals surface area contributed by atoms with Crippen molar-refractivity contribution in [2.45, 2.75) is 115 Å². The first-order valence-corrected chi connectivity index (χ1v) is 36.5. The van der Waals surface area contributed by atoms with Crippen LogP contribution in [0.15, 0.2) is 95.6 Å². The Kier molecular flexibility index (Phi) is 22.1. The van der Waals surface area contributed by atoms with Crippen molar-refractivity contribution in [2.24, 2.45) is 11.8 Å². The van der Waals surface area contributed by atoms with Crippen molar-refractivity contribution >= 4 is 106 Å². The van der Waals surface area contributed by atoms with Gasteiger partial charge in [0, 0.05) is 18.2 Å². The number of esters is 2. The maximum absolute atomic E-state index is 14.6. The van der Waals surface area contributed by atoms with Gasteiger partial charge in [-0.1, -0.05) is 69.1 Å². The Morgan fingerprint density at radius 3 is 1.76 bits per heavy atom. The van der Waals surface area contributed by atoms with Gasteiger partial charge in [-0.05, 0) is 31.2 Å². The standard InChI is InChI=1S/C55H65N15O28P4/c1-7-67-24-70(44-34(67)48(76)64-54(56)62-44)49-36(72)35(71)29(91-49)18-89-100(81,82)97-102(85,86)98-101(83,84)90-20-31-38(39(87-6)50(93-31)68-22-59-32-41(57-21-58-42(32)68)61-45(73)27-14-10-8-11-15-27)96-99(79,80)88-19-30-37(94-52(77)25(2)3)40(95-53(78)26(4)5)51(92-30)69-23-60-33-43(69)63-55(66-47(33)75)65-46(74)28-16-12-9-13-17-28/h8-17,21-26,29-31,35-40,49-51,71-72H,7,18-20H2,1-6H3,(H9-,56,57,58,61,62,63,64,65,66,73,74,75,76,79,80,81,82,83,84,85,86)/p+1/t29-,30?,31-,35-,36-,37-,38-,39-,40-,49-,50-,51-/m1/s1. The predicted octanol–water partition coefficient (Wildman–Crippen LogP) is 1.53. The Hall–Kier alpha value is -8.35. The van der Waals surface area contributed by atoms with Crippen LogP contribution in [-0.4, -0.2) is 189 Å². The number of anilines is 3. The zero-order valence-electron chi connectivity index (χ0n) is 54.0. The van der Waals surface area contributed by atoms with Gasteiger partial charge in [0.2, 0.25) is 17.7 Å². The van der Waals surface area contributed by atoms with E-state index in [-0.39, 0.29) is 68.9 Å². The lowest BCUT2D eigenvalue weighted by molar-refractivity contribution is -0.746. The highest BCUT2D eigenvalue weighted by Crippen LogP contribution is 2.68. The summed E-state index contributed by atoms with van der Waals surface area (Å²) in [5.41, 5.74) is 3.74. The van der Waals surface area contributed by atoms with Gasteiger partial charge in [0.1, 0.15) is 49.1 Å². The molecule has 0 spiro atoms. The molecule has 9 heterocycles. The summed E-state index contributed by atoms with van der Waals surface area (Å²) >= 11 is 0. The number of fused-ring (bicyclic) bond motifs is 3. The number of imidazole rings is 3. The molecule has 5 unspecified atom stereocenters. The van der Waals surface area contributed by atoms with Crippen molar-refractivity contribution in [1.29, 1.82) is 0 Å². The summed E-state index contributed by atoms with van der Waals surface area (Å²) in [4.78, 5) is 154. The third kappa shape index (κ3) is 16.3. The third-order valence-corrected chi connectivity index (χ3v) is 20.9. The molecule has 6 aromatic heterocycles. The van der Waals surface area contributed by atoms with Crippen molar-refractivity contribution < 1.29 is 127 Å². The van der Waals surface area contributed by atoms with Gasteiger partial charge in [0.05, 0.1) is 50.9 Å². The van der Waals surface area contributed by atoms with Gasteiger partial charge in [-0.3, -0.25) is 75.8 Å². The fourth-order valence-electron chi connectivity index (χ4n) is 10.9. The second-order valence-corrected chi connectivity index (χ2v) is 29.4. The number of phosphoric acid groups is 4. The Labute approximate surface area is 572 Å². The fourth-order valence-corrected chi connectivity index (χ4v) is 15.3. The number of phosphoric ester groups is 3. The molecule has 3 fully saturated rings. The molecule has 43 nitrogen and oxygen atoms in total. The van der Waals surface area contributed by atoms with Crippen molar-refractivity contribution in [3.05, 3.63) is 118 Å². The largest absolute Gasteiger partial charge is 0.490 e. The van der Waals surface area contributed by atoms with Crippen LogP contribution < -0.4 is 32.1 Å². The Morgan fingerprint density at radius 1 is 0.637 bits per heavy atom. The minimum Gasteiger partial charge on any atom is -0.455 e. The van der Waals surface area contributed by atoms with Crippen LogP contribution in [0.25, 0.3) is 33.5 Å². The molecule has 0 saturated carbocycles. The second-order valence-electron chi connectivity index (χ2n) is 23.3. The predicted molar refractivity (Wildman–Crippen MR) is 341 cm³/mol. The lowest BCUT2D eigenvalue weighted by Crippen LogP contribution is -2.46. The van der Waals surface area contributed by atoms with E-state index in [9.17, 15) is 76.8 Å². The molecule has 8 aromatic rings. The van der Waals surface area contributed by atoms with E-state index in [1.807, 2.05) is 0 Å². The van der Waals surface area contributed by atoms with E-state index in [4.69, 9.17) is 52.2 Å². The highest BCUT2D eigenvalue weighted by Gasteiger charge is 2.56. The molecule has 47 heteroatoms. The minimum atomic E-state index is -6.33. The number of rotatable bonds is 28. The number of hydrogen-bond acceptors (Lipinski definition) is 31. The highest BCUT2D eigenvalue weighted by atomic mass is 31.3. The van der Waals surface area contributed by atoms with Crippen LogP contribution in [0.4, 0.5) is 17.7 Å². The molecule has 0 radical (unpaired) electrons. The number of carbonyl (C=O) groups is 4. The van der Waals surface area contributed by atoms with E-state index in [2.05, 4.69) is 59.1 Å². The topological polar surface area (TPSA) is 581 Å². The zero-order chi connectivity index (χ0) is 73.5. The van der Waals surface area contributed by atoms with Crippen LogP contribution in [0.1, 0.15) is 74.0 Å². The number of benzene rings is 2. The number of nitrogens with zero attached hydrogens (tertiary/aromatic N) is 10. The molecule has 102 heavy (non-hydrogen) atoms. The Balaban J connectivity index is 0.837. The van der Waals surface area contributed by atoms with Crippen molar-refractivity contribution in [3.63, 3.8) is 0 Å². The monoisotopic (exact) mass is 1510 g/mol. The molecule has 0 aliphatic carbocycles. The summed E-state index contributed by atoms with van der Waals surface area (Å²) in [6.07, 6.45) is -16.8. The molecule has 548 valence electrons. The highest BCUT2D eigenvalue weighted by molar-refractivity contribution is 7.66. The maximum atomic E-state index is 14.6. The summed E-state index contributed by atoms with van der Waals surface area (Å²) in [7, 11) is -23.1. The Bertz CT molecular complexity index is 4790. The summed E-state index contributed by atoms with van der Waals surface area (Å²) < 4.78 is 125. The van der Waals surface area contributed by atoms with E-state index < -0.39 is 171 Å². The first kappa shape index (κ1) is 74.8. The summed E-state index contributed by atoms with van der Waals surface area (Å²) in [6.45, 7) is 4.09. The number of carbonyl (C=O) groups excluding carboxylic acids is 4. The minimum absolute atomic E-state index is 0.0104. The smallest absolute Gasteiger partial charge is 0.455 e. The van der Waals surface area contributed by atoms with Gasteiger partial charge in [-0.25, -0.2) is 42.8 Å². The summed E-state index contributed by atoms with van der Waals surface area (Å²) in [5, 5.41) is 27.0. The van der Waals surface area contributed by atoms with E-state index in [0.717, 1.165) is 39.8 Å². The summed E-state index contributed by atoms with van der Waals surface area (Å²) in [5.74, 6) is -5.60. The normalized spacial score (nSPS) is 25.3. The van der Waals surface area contributed by atoms with Gasteiger partial charge < -0.3 is 69.3 Å². The average molecular weight is 1510 g/mol. The number of aryl methyl sites for hydroxylation is 1. The molecule has 16 atom stereocenters.